The second kappa shape index (κ2) is 3.94. The summed E-state index contributed by atoms with van der Waals surface area (Å²) in [6, 6.07) is 0. The Labute approximate surface area is 104 Å². The lowest BCUT2D eigenvalue weighted by atomic mass is 9.59. The molecule has 0 bridgehead atoms. The van der Waals surface area contributed by atoms with E-state index in [0.717, 1.165) is 19.3 Å². The molecule has 1 unspecified atom stereocenters. The molecule has 1 N–H and O–H groups in total. The zero-order valence-corrected chi connectivity index (χ0v) is 11.4. The molecule has 2 rings (SSSR count). The van der Waals surface area contributed by atoms with Crippen LogP contribution in [0.1, 0.15) is 53.4 Å². The molecule has 1 saturated carbocycles. The largest absolute Gasteiger partial charge is 0.389 e. The molecule has 96 valence electrons. The first-order valence-electron chi connectivity index (χ1n) is 6.68. The summed E-state index contributed by atoms with van der Waals surface area (Å²) in [6.45, 7) is 8.31. The van der Waals surface area contributed by atoms with Crippen molar-refractivity contribution in [2.75, 3.05) is 0 Å². The van der Waals surface area contributed by atoms with Gasteiger partial charge in [-0.3, -0.25) is 4.79 Å². The van der Waals surface area contributed by atoms with E-state index in [1.165, 1.54) is 5.57 Å². The Balaban J connectivity index is 2.44. The number of rotatable bonds is 0. The van der Waals surface area contributed by atoms with Gasteiger partial charge < -0.3 is 5.11 Å². The van der Waals surface area contributed by atoms with E-state index in [2.05, 4.69) is 26.8 Å². The average molecular weight is 236 g/mol. The normalized spacial score (nSPS) is 41.5. The van der Waals surface area contributed by atoms with Gasteiger partial charge in [0.2, 0.25) is 0 Å². The number of fused-ring (bicyclic) bond motifs is 1. The van der Waals surface area contributed by atoms with E-state index in [1.54, 1.807) is 0 Å². The van der Waals surface area contributed by atoms with E-state index in [1.807, 2.05) is 6.92 Å². The first-order valence-corrected chi connectivity index (χ1v) is 6.68. The van der Waals surface area contributed by atoms with Gasteiger partial charge in [-0.15, -0.1) is 0 Å². The predicted molar refractivity (Wildman–Crippen MR) is 68.6 cm³/mol. The van der Waals surface area contributed by atoms with Gasteiger partial charge in [-0.1, -0.05) is 32.4 Å². The van der Waals surface area contributed by atoms with Crippen LogP contribution in [-0.4, -0.2) is 16.5 Å². The minimum atomic E-state index is -0.801. The average Bonchev–Trinajstić information content (AvgIpc) is 2.29. The molecule has 2 aliphatic rings. The van der Waals surface area contributed by atoms with Crippen molar-refractivity contribution in [2.45, 2.75) is 59.0 Å². The maximum Gasteiger partial charge on any atom is 0.142 e. The highest BCUT2D eigenvalue weighted by molar-refractivity contribution is 5.86. The maximum atomic E-state index is 12.5. The molecular weight excluding hydrogens is 212 g/mol. The fraction of sp³-hybridized carbons (Fsp3) is 0.800. The molecule has 0 saturated heterocycles. The first-order chi connectivity index (χ1) is 7.76. The molecule has 0 aliphatic heterocycles. The lowest BCUT2D eigenvalue weighted by Crippen LogP contribution is -2.54. The van der Waals surface area contributed by atoms with Crippen molar-refractivity contribution in [2.24, 2.45) is 17.3 Å². The second-order valence-electron chi connectivity index (χ2n) is 6.80. The van der Waals surface area contributed by atoms with Crippen molar-refractivity contribution < 1.29 is 9.90 Å². The van der Waals surface area contributed by atoms with E-state index >= 15 is 0 Å². The topological polar surface area (TPSA) is 37.3 Å². The number of Topliss-reactive ketones (excluding diaryl/α,β-unsaturated/α-hetero) is 1. The number of hydrogen-bond acceptors (Lipinski definition) is 2. The summed E-state index contributed by atoms with van der Waals surface area (Å²) < 4.78 is 0. The molecule has 3 atom stereocenters. The maximum absolute atomic E-state index is 12.5. The van der Waals surface area contributed by atoms with Gasteiger partial charge in [-0.25, -0.2) is 0 Å². The SMILES string of the molecule is CC1=CCC(C)(C)C2C(=O)[C@@H](C)CC[C@]2(O)C1. The number of carbonyl (C=O) groups excluding carboxylic acids is 1. The Hall–Kier alpha value is -0.630. The Morgan fingerprint density at radius 1 is 1.41 bits per heavy atom. The van der Waals surface area contributed by atoms with Gasteiger partial charge in [0, 0.05) is 5.92 Å². The summed E-state index contributed by atoms with van der Waals surface area (Å²) in [6.07, 6.45) is 5.35. The summed E-state index contributed by atoms with van der Waals surface area (Å²) in [4.78, 5) is 12.5. The number of allylic oxidation sites excluding steroid dienone is 1. The zero-order chi connectivity index (χ0) is 12.8. The van der Waals surface area contributed by atoms with E-state index in [0.29, 0.717) is 6.42 Å². The monoisotopic (exact) mass is 236 g/mol. The molecule has 0 radical (unpaired) electrons. The molecule has 17 heavy (non-hydrogen) atoms. The molecule has 0 aromatic carbocycles. The molecule has 1 fully saturated rings. The third-order valence-corrected chi connectivity index (χ3v) is 4.66. The van der Waals surface area contributed by atoms with Crippen LogP contribution in [0.5, 0.6) is 0 Å². The second-order valence-corrected chi connectivity index (χ2v) is 6.80. The van der Waals surface area contributed by atoms with Crippen LogP contribution in [0, 0.1) is 17.3 Å². The summed E-state index contributed by atoms with van der Waals surface area (Å²) >= 11 is 0. The van der Waals surface area contributed by atoms with Gasteiger partial charge in [0.1, 0.15) is 5.78 Å². The van der Waals surface area contributed by atoms with Crippen molar-refractivity contribution in [1.29, 1.82) is 0 Å². The van der Waals surface area contributed by atoms with Crippen molar-refractivity contribution in [3.63, 3.8) is 0 Å². The Kier molecular flexibility index (Phi) is 2.97. The Morgan fingerprint density at radius 3 is 2.71 bits per heavy atom. The highest BCUT2D eigenvalue weighted by Crippen LogP contribution is 2.50. The summed E-state index contributed by atoms with van der Waals surface area (Å²) in [7, 11) is 0. The molecule has 0 aromatic rings. The molecule has 2 aliphatic carbocycles. The molecule has 2 heteroatoms. The number of carbonyl (C=O) groups is 1. The van der Waals surface area contributed by atoms with Crippen LogP contribution in [0.25, 0.3) is 0 Å². The minimum Gasteiger partial charge on any atom is -0.389 e. The highest BCUT2D eigenvalue weighted by atomic mass is 16.3. The van der Waals surface area contributed by atoms with E-state index in [-0.39, 0.29) is 23.0 Å². The lowest BCUT2D eigenvalue weighted by molar-refractivity contribution is -0.154. The van der Waals surface area contributed by atoms with E-state index < -0.39 is 5.60 Å². The molecular formula is C15H24O2. The van der Waals surface area contributed by atoms with Crippen molar-refractivity contribution in [3.05, 3.63) is 11.6 Å². The molecule has 0 spiro atoms. The molecule has 0 aromatic heterocycles. The van der Waals surface area contributed by atoms with Crippen molar-refractivity contribution in [3.8, 4) is 0 Å². The third-order valence-electron chi connectivity index (χ3n) is 4.66. The van der Waals surface area contributed by atoms with Gasteiger partial charge in [0.25, 0.3) is 0 Å². The summed E-state index contributed by atoms with van der Waals surface area (Å²) in [5.41, 5.74) is 0.299. The van der Waals surface area contributed by atoms with Crippen molar-refractivity contribution >= 4 is 5.78 Å². The fourth-order valence-corrected chi connectivity index (χ4v) is 3.72. The van der Waals surface area contributed by atoms with Crippen LogP contribution in [0.4, 0.5) is 0 Å². The van der Waals surface area contributed by atoms with E-state index in [9.17, 15) is 9.90 Å². The fourth-order valence-electron chi connectivity index (χ4n) is 3.72. The number of aliphatic hydroxyl groups is 1. The summed E-state index contributed by atoms with van der Waals surface area (Å²) in [5.74, 6) is 0.178. The van der Waals surface area contributed by atoms with E-state index in [4.69, 9.17) is 0 Å². The molecule has 0 heterocycles. The molecule has 0 amide bonds. The number of ketones is 1. The lowest BCUT2D eigenvalue weighted by Gasteiger charge is -2.47. The van der Waals surface area contributed by atoms with Gasteiger partial charge in [0.05, 0.1) is 11.5 Å². The smallest absolute Gasteiger partial charge is 0.142 e. The first kappa shape index (κ1) is 12.8. The predicted octanol–water partition coefficient (Wildman–Crippen LogP) is 3.10. The van der Waals surface area contributed by atoms with Gasteiger partial charge in [-0.2, -0.15) is 0 Å². The van der Waals surface area contributed by atoms with Crippen molar-refractivity contribution in [1.82, 2.24) is 0 Å². The summed E-state index contributed by atoms with van der Waals surface area (Å²) in [5, 5.41) is 10.9. The van der Waals surface area contributed by atoms with Crippen LogP contribution >= 0.6 is 0 Å². The Morgan fingerprint density at radius 2 is 2.06 bits per heavy atom. The zero-order valence-electron chi connectivity index (χ0n) is 11.4. The van der Waals surface area contributed by atoms with Crippen LogP contribution in [-0.2, 0) is 4.79 Å². The van der Waals surface area contributed by atoms with Crippen LogP contribution in [0.3, 0.4) is 0 Å². The minimum absolute atomic E-state index is 0.109. The highest BCUT2D eigenvalue weighted by Gasteiger charge is 2.53. The van der Waals surface area contributed by atoms with Gasteiger partial charge >= 0.3 is 0 Å². The Bertz CT molecular complexity index is 367. The van der Waals surface area contributed by atoms with Gasteiger partial charge in [0.15, 0.2) is 0 Å². The third kappa shape index (κ3) is 2.08. The van der Waals surface area contributed by atoms with Gasteiger partial charge in [-0.05, 0) is 38.0 Å². The van der Waals surface area contributed by atoms with Crippen LogP contribution in [0.15, 0.2) is 11.6 Å². The van der Waals surface area contributed by atoms with Crippen LogP contribution < -0.4 is 0 Å². The number of hydrogen-bond donors (Lipinski definition) is 1. The molecule has 2 nitrogen and oxygen atoms in total. The quantitative estimate of drug-likeness (QED) is 0.656. The standard InChI is InChI=1S/C15H24O2/c1-10-5-7-14(3,4)13-12(16)11(2)6-8-15(13,17)9-10/h5,11,13,17H,6-9H2,1-4H3/t11-,13?,15-/m0/s1. The van der Waals surface area contributed by atoms with Crippen LogP contribution in [0.2, 0.25) is 0 Å².